The zero-order chi connectivity index (χ0) is 12.0. The molecule has 1 N–H and O–H groups in total. The van der Waals surface area contributed by atoms with E-state index in [0.29, 0.717) is 5.56 Å². The summed E-state index contributed by atoms with van der Waals surface area (Å²) < 4.78 is 4.60. The van der Waals surface area contributed by atoms with Gasteiger partial charge in [-0.05, 0) is 0 Å². The molecule has 0 saturated heterocycles. The number of aliphatic hydroxyl groups excluding tert-OH is 1. The summed E-state index contributed by atoms with van der Waals surface area (Å²) in [4.78, 5) is 22.1. The molecule has 4 nitrogen and oxygen atoms in total. The monoisotopic (exact) mass is 222 g/mol. The van der Waals surface area contributed by atoms with Crippen LogP contribution in [0.2, 0.25) is 0 Å². The molecule has 0 spiro atoms. The second kappa shape index (κ2) is 6.02. The standard InChI is InChI=1S/C12H14O4/c1-9(13)16-8-11(14)7-12(15)10-5-3-2-4-6-10/h2-6,11,14H,7-8H2,1H3. The first-order valence-corrected chi connectivity index (χ1v) is 4.99. The largest absolute Gasteiger partial charge is 0.463 e. The van der Waals surface area contributed by atoms with Gasteiger partial charge in [0.25, 0.3) is 0 Å². The second-order valence-corrected chi connectivity index (χ2v) is 3.45. The van der Waals surface area contributed by atoms with E-state index in [1.165, 1.54) is 6.92 Å². The molecule has 1 atom stereocenters. The number of hydrogen-bond donors (Lipinski definition) is 1. The van der Waals surface area contributed by atoms with Gasteiger partial charge in [-0.1, -0.05) is 30.3 Å². The quantitative estimate of drug-likeness (QED) is 0.600. The first-order valence-electron chi connectivity index (χ1n) is 4.99. The van der Waals surface area contributed by atoms with Gasteiger partial charge in [0.1, 0.15) is 6.61 Å². The Labute approximate surface area is 93.9 Å². The van der Waals surface area contributed by atoms with E-state index in [2.05, 4.69) is 4.74 Å². The molecule has 0 radical (unpaired) electrons. The first-order chi connectivity index (χ1) is 7.59. The van der Waals surface area contributed by atoms with Crippen molar-refractivity contribution >= 4 is 11.8 Å². The van der Waals surface area contributed by atoms with Crippen LogP contribution in [0.5, 0.6) is 0 Å². The Morgan fingerprint density at radius 2 is 1.94 bits per heavy atom. The highest BCUT2D eigenvalue weighted by atomic mass is 16.5. The number of esters is 1. The number of ether oxygens (including phenoxy) is 1. The molecule has 16 heavy (non-hydrogen) atoms. The highest BCUT2D eigenvalue weighted by Crippen LogP contribution is 2.05. The Hall–Kier alpha value is -1.68. The van der Waals surface area contributed by atoms with Crippen LogP contribution in [0.15, 0.2) is 30.3 Å². The van der Waals surface area contributed by atoms with Gasteiger partial charge in [-0.25, -0.2) is 0 Å². The van der Waals surface area contributed by atoms with Gasteiger partial charge in [0.15, 0.2) is 5.78 Å². The molecule has 0 heterocycles. The predicted octanol–water partition coefficient (Wildman–Crippen LogP) is 1.18. The van der Waals surface area contributed by atoms with Crippen molar-refractivity contribution in [1.29, 1.82) is 0 Å². The molecule has 0 aromatic heterocycles. The lowest BCUT2D eigenvalue weighted by Gasteiger charge is -2.09. The number of rotatable bonds is 5. The summed E-state index contributed by atoms with van der Waals surface area (Å²) in [5, 5.41) is 9.43. The molecule has 86 valence electrons. The first kappa shape index (κ1) is 12.4. The van der Waals surface area contributed by atoms with Crippen LogP contribution in [0.1, 0.15) is 23.7 Å². The molecule has 1 unspecified atom stereocenters. The highest BCUT2D eigenvalue weighted by molar-refractivity contribution is 5.96. The van der Waals surface area contributed by atoms with Crippen molar-refractivity contribution in [2.45, 2.75) is 19.4 Å². The average Bonchev–Trinajstić information content (AvgIpc) is 2.27. The van der Waals surface area contributed by atoms with E-state index in [9.17, 15) is 14.7 Å². The average molecular weight is 222 g/mol. The van der Waals surface area contributed by atoms with Gasteiger partial charge in [0.05, 0.1) is 6.10 Å². The van der Waals surface area contributed by atoms with Gasteiger partial charge in [0.2, 0.25) is 0 Å². The summed E-state index contributed by atoms with van der Waals surface area (Å²) in [5.74, 6) is -0.633. The lowest BCUT2D eigenvalue weighted by Crippen LogP contribution is -2.21. The molecule has 1 aromatic rings. The van der Waals surface area contributed by atoms with Gasteiger partial charge < -0.3 is 9.84 Å². The third-order valence-electron chi connectivity index (χ3n) is 2.00. The van der Waals surface area contributed by atoms with Crippen LogP contribution in [0.3, 0.4) is 0 Å². The molecule has 0 aliphatic heterocycles. The number of carbonyl (C=O) groups is 2. The van der Waals surface area contributed by atoms with Gasteiger partial charge in [-0.15, -0.1) is 0 Å². The normalized spacial score (nSPS) is 11.9. The van der Waals surface area contributed by atoms with E-state index in [1.54, 1.807) is 24.3 Å². The summed E-state index contributed by atoms with van der Waals surface area (Å²) in [7, 11) is 0. The number of Topliss-reactive ketones (excluding diaryl/α,β-unsaturated/α-hetero) is 1. The number of hydrogen-bond acceptors (Lipinski definition) is 4. The zero-order valence-corrected chi connectivity index (χ0v) is 9.05. The fraction of sp³-hybridized carbons (Fsp3) is 0.333. The molecule has 1 rings (SSSR count). The molecular weight excluding hydrogens is 208 g/mol. The van der Waals surface area contributed by atoms with Crippen molar-refractivity contribution in [1.82, 2.24) is 0 Å². The molecule has 4 heteroatoms. The van der Waals surface area contributed by atoms with Crippen molar-refractivity contribution in [3.05, 3.63) is 35.9 Å². The Balaban J connectivity index is 2.43. The van der Waals surface area contributed by atoms with E-state index < -0.39 is 12.1 Å². The molecule has 0 bridgehead atoms. The fourth-order valence-electron chi connectivity index (χ4n) is 1.23. The molecule has 1 aromatic carbocycles. The van der Waals surface area contributed by atoms with Gasteiger partial charge in [0, 0.05) is 18.9 Å². The molecule has 0 aliphatic carbocycles. The van der Waals surface area contributed by atoms with Crippen LogP contribution in [0.4, 0.5) is 0 Å². The molecular formula is C12H14O4. The third-order valence-corrected chi connectivity index (χ3v) is 2.00. The fourth-order valence-corrected chi connectivity index (χ4v) is 1.23. The van der Waals surface area contributed by atoms with Crippen LogP contribution in [0, 0.1) is 0 Å². The minimum atomic E-state index is -0.948. The van der Waals surface area contributed by atoms with Crippen molar-refractivity contribution < 1.29 is 19.4 Å². The lowest BCUT2D eigenvalue weighted by atomic mass is 10.1. The van der Waals surface area contributed by atoms with E-state index in [1.807, 2.05) is 6.07 Å². The maximum Gasteiger partial charge on any atom is 0.302 e. The summed E-state index contributed by atoms with van der Waals surface area (Å²) in [6, 6.07) is 8.69. The Bertz CT molecular complexity index is 359. The van der Waals surface area contributed by atoms with E-state index >= 15 is 0 Å². The molecule has 0 fully saturated rings. The van der Waals surface area contributed by atoms with Gasteiger partial charge in [-0.2, -0.15) is 0 Å². The predicted molar refractivity (Wildman–Crippen MR) is 58.0 cm³/mol. The number of carbonyl (C=O) groups excluding carboxylic acids is 2. The van der Waals surface area contributed by atoms with Crippen molar-refractivity contribution in [3.63, 3.8) is 0 Å². The van der Waals surface area contributed by atoms with Crippen LogP contribution >= 0.6 is 0 Å². The van der Waals surface area contributed by atoms with Crippen LogP contribution < -0.4 is 0 Å². The van der Waals surface area contributed by atoms with Gasteiger partial charge >= 0.3 is 5.97 Å². The zero-order valence-electron chi connectivity index (χ0n) is 9.05. The minimum Gasteiger partial charge on any atom is -0.463 e. The summed E-state index contributed by atoms with van der Waals surface area (Å²) in [6.07, 6.45) is -0.992. The van der Waals surface area contributed by atoms with E-state index in [-0.39, 0.29) is 18.8 Å². The number of aliphatic hydroxyl groups is 1. The minimum absolute atomic E-state index is 0.0444. The summed E-state index contributed by atoms with van der Waals surface area (Å²) in [6.45, 7) is 1.11. The van der Waals surface area contributed by atoms with E-state index in [0.717, 1.165) is 0 Å². The van der Waals surface area contributed by atoms with Crippen molar-refractivity contribution in [3.8, 4) is 0 Å². The summed E-state index contributed by atoms with van der Waals surface area (Å²) in [5.41, 5.74) is 0.546. The Morgan fingerprint density at radius 1 is 1.31 bits per heavy atom. The maximum absolute atomic E-state index is 11.6. The third kappa shape index (κ3) is 4.23. The topological polar surface area (TPSA) is 63.6 Å². The SMILES string of the molecule is CC(=O)OCC(O)CC(=O)c1ccccc1. The Morgan fingerprint density at radius 3 is 2.50 bits per heavy atom. The smallest absolute Gasteiger partial charge is 0.302 e. The van der Waals surface area contributed by atoms with Crippen LogP contribution in [-0.2, 0) is 9.53 Å². The molecule has 0 aliphatic rings. The lowest BCUT2D eigenvalue weighted by molar-refractivity contribution is -0.143. The van der Waals surface area contributed by atoms with Crippen LogP contribution in [-0.4, -0.2) is 29.6 Å². The summed E-state index contributed by atoms with van der Waals surface area (Å²) >= 11 is 0. The molecule has 0 amide bonds. The number of benzene rings is 1. The highest BCUT2D eigenvalue weighted by Gasteiger charge is 2.13. The van der Waals surface area contributed by atoms with Crippen molar-refractivity contribution in [2.75, 3.05) is 6.61 Å². The maximum atomic E-state index is 11.6. The molecule has 0 saturated carbocycles. The van der Waals surface area contributed by atoms with E-state index in [4.69, 9.17) is 0 Å². The van der Waals surface area contributed by atoms with Crippen molar-refractivity contribution in [2.24, 2.45) is 0 Å². The van der Waals surface area contributed by atoms with Crippen LogP contribution in [0.25, 0.3) is 0 Å². The van der Waals surface area contributed by atoms with Gasteiger partial charge in [-0.3, -0.25) is 9.59 Å². The number of ketones is 1. The Kier molecular flexibility index (Phi) is 4.66. The second-order valence-electron chi connectivity index (χ2n) is 3.45.